The fourth-order valence-corrected chi connectivity index (χ4v) is 3.99. The van der Waals surface area contributed by atoms with Gasteiger partial charge >= 0.3 is 0 Å². The van der Waals surface area contributed by atoms with Gasteiger partial charge in [-0.2, -0.15) is 0 Å². The van der Waals surface area contributed by atoms with Gasteiger partial charge in [-0.05, 0) is 53.0 Å². The Morgan fingerprint density at radius 3 is 2.76 bits per heavy atom. The molecule has 1 aromatic heterocycles. The predicted molar refractivity (Wildman–Crippen MR) is 91.3 cm³/mol. The first-order valence-electron chi connectivity index (χ1n) is 7.18. The van der Waals surface area contributed by atoms with Crippen molar-refractivity contribution in [2.24, 2.45) is 0 Å². The van der Waals surface area contributed by atoms with Crippen LogP contribution in [0.3, 0.4) is 0 Å². The maximum Gasteiger partial charge on any atom is 0.125 e. The van der Waals surface area contributed by atoms with E-state index in [2.05, 4.69) is 42.0 Å². The first kappa shape index (κ1) is 16.6. The van der Waals surface area contributed by atoms with E-state index in [1.807, 2.05) is 0 Å². The molecule has 1 heterocycles. The molecule has 2 rings (SSSR count). The molecule has 0 saturated carbocycles. The van der Waals surface area contributed by atoms with Crippen LogP contribution < -0.4 is 5.32 Å². The van der Waals surface area contributed by atoms with E-state index in [-0.39, 0.29) is 5.82 Å². The number of aromatic nitrogens is 1. The van der Waals surface area contributed by atoms with E-state index in [9.17, 15) is 4.39 Å². The van der Waals surface area contributed by atoms with Gasteiger partial charge in [0.15, 0.2) is 0 Å². The highest BCUT2D eigenvalue weighted by molar-refractivity contribution is 9.10. The van der Waals surface area contributed by atoms with Gasteiger partial charge in [0.1, 0.15) is 10.8 Å². The van der Waals surface area contributed by atoms with Crippen molar-refractivity contribution in [3.63, 3.8) is 0 Å². The fraction of sp³-hybridized carbons (Fsp3) is 0.438. The van der Waals surface area contributed by atoms with E-state index < -0.39 is 0 Å². The summed E-state index contributed by atoms with van der Waals surface area (Å²) in [7, 11) is 0. The molecular weight excluding hydrogens is 351 g/mol. The van der Waals surface area contributed by atoms with Crippen molar-refractivity contribution in [1.82, 2.24) is 10.3 Å². The molecule has 1 N–H and O–H groups in total. The maximum absolute atomic E-state index is 13.2. The number of hydrogen-bond donors (Lipinski definition) is 1. The smallest absolute Gasteiger partial charge is 0.125 e. The number of nitrogens with zero attached hydrogens (tertiary/aromatic N) is 1. The molecule has 0 aliphatic heterocycles. The summed E-state index contributed by atoms with van der Waals surface area (Å²) in [5, 5.41) is 4.38. The Kier molecular flexibility index (Phi) is 5.90. The third kappa shape index (κ3) is 4.11. The van der Waals surface area contributed by atoms with Crippen LogP contribution in [-0.4, -0.2) is 11.5 Å². The Balaban J connectivity index is 2.34. The van der Waals surface area contributed by atoms with Gasteiger partial charge < -0.3 is 5.32 Å². The molecule has 0 bridgehead atoms. The van der Waals surface area contributed by atoms with Crippen molar-refractivity contribution < 1.29 is 4.39 Å². The minimum atomic E-state index is -0.240. The fourth-order valence-electron chi connectivity index (χ4n) is 2.10. The van der Waals surface area contributed by atoms with Gasteiger partial charge in [-0.1, -0.05) is 20.8 Å². The lowest BCUT2D eigenvalue weighted by Gasteiger charge is -2.05. The second kappa shape index (κ2) is 7.47. The minimum absolute atomic E-state index is 0.240. The molecule has 0 saturated heterocycles. The lowest BCUT2D eigenvalue weighted by atomic mass is 10.1. The molecule has 0 radical (unpaired) electrons. The quantitative estimate of drug-likeness (QED) is 0.694. The number of thiazole rings is 1. The Morgan fingerprint density at radius 1 is 1.38 bits per heavy atom. The van der Waals surface area contributed by atoms with Crippen LogP contribution in [0.5, 0.6) is 0 Å². The lowest BCUT2D eigenvalue weighted by molar-refractivity contribution is 0.627. The maximum atomic E-state index is 13.2. The highest BCUT2D eigenvalue weighted by Crippen LogP contribution is 2.35. The number of hydrogen-bond acceptors (Lipinski definition) is 3. The van der Waals surface area contributed by atoms with Crippen LogP contribution in [0.15, 0.2) is 22.7 Å². The molecule has 5 heteroatoms. The zero-order valence-corrected chi connectivity index (χ0v) is 14.9. The molecule has 0 atom stereocenters. The van der Waals surface area contributed by atoms with Crippen LogP contribution in [0, 0.1) is 5.82 Å². The molecule has 114 valence electrons. The van der Waals surface area contributed by atoms with Gasteiger partial charge in [-0.15, -0.1) is 11.3 Å². The van der Waals surface area contributed by atoms with Crippen LogP contribution in [0.4, 0.5) is 4.39 Å². The summed E-state index contributed by atoms with van der Waals surface area (Å²) in [4.78, 5) is 6.04. The van der Waals surface area contributed by atoms with E-state index >= 15 is 0 Å². The third-order valence-corrected chi connectivity index (χ3v) is 4.91. The van der Waals surface area contributed by atoms with Crippen molar-refractivity contribution >= 4 is 27.3 Å². The summed E-state index contributed by atoms with van der Waals surface area (Å²) < 4.78 is 14.0. The van der Waals surface area contributed by atoms with Crippen molar-refractivity contribution in [3.05, 3.63) is 39.1 Å². The highest BCUT2D eigenvalue weighted by Gasteiger charge is 2.16. The minimum Gasteiger partial charge on any atom is -0.312 e. The first-order chi connectivity index (χ1) is 10.0. The van der Waals surface area contributed by atoms with Gasteiger partial charge in [-0.3, -0.25) is 0 Å². The summed E-state index contributed by atoms with van der Waals surface area (Å²) in [5.74, 6) is 0.142. The van der Waals surface area contributed by atoms with Gasteiger partial charge in [0, 0.05) is 21.5 Å². The molecule has 0 spiro atoms. The average molecular weight is 371 g/mol. The van der Waals surface area contributed by atoms with Crippen LogP contribution in [0.2, 0.25) is 0 Å². The van der Waals surface area contributed by atoms with Crippen LogP contribution in [-0.2, 0) is 6.54 Å². The molecule has 0 unspecified atom stereocenters. The molecule has 2 aromatic rings. The molecule has 21 heavy (non-hydrogen) atoms. The second-order valence-electron chi connectivity index (χ2n) is 5.28. The van der Waals surface area contributed by atoms with E-state index in [1.54, 1.807) is 17.4 Å². The van der Waals surface area contributed by atoms with E-state index in [4.69, 9.17) is 4.98 Å². The lowest BCUT2D eigenvalue weighted by Crippen LogP contribution is -2.14. The molecule has 0 amide bonds. The van der Waals surface area contributed by atoms with Gasteiger partial charge in [0.25, 0.3) is 0 Å². The summed E-state index contributed by atoms with van der Waals surface area (Å²) in [6, 6.07) is 4.75. The van der Waals surface area contributed by atoms with Gasteiger partial charge in [0.05, 0.1) is 5.69 Å². The Hall–Kier alpha value is -0.780. The number of benzene rings is 1. The Labute approximate surface area is 137 Å². The first-order valence-corrected chi connectivity index (χ1v) is 8.79. The molecule has 0 fully saturated rings. The monoisotopic (exact) mass is 370 g/mol. The predicted octanol–water partition coefficient (Wildman–Crippen LogP) is 5.33. The van der Waals surface area contributed by atoms with Gasteiger partial charge in [0.2, 0.25) is 0 Å². The largest absolute Gasteiger partial charge is 0.312 e. The Bertz CT molecular complexity index is 610. The molecule has 0 aliphatic rings. The van der Waals surface area contributed by atoms with Crippen molar-refractivity contribution in [1.29, 1.82) is 0 Å². The third-order valence-electron chi connectivity index (χ3n) is 3.15. The van der Waals surface area contributed by atoms with Crippen molar-refractivity contribution in [2.75, 3.05) is 6.54 Å². The topological polar surface area (TPSA) is 24.9 Å². The Morgan fingerprint density at radius 2 is 2.14 bits per heavy atom. The zero-order valence-electron chi connectivity index (χ0n) is 12.5. The highest BCUT2D eigenvalue weighted by atomic mass is 79.9. The van der Waals surface area contributed by atoms with Crippen LogP contribution in [0.25, 0.3) is 10.6 Å². The molecule has 1 aromatic carbocycles. The molecule has 0 aliphatic carbocycles. The summed E-state index contributed by atoms with van der Waals surface area (Å²) in [6.07, 6.45) is 1.12. The van der Waals surface area contributed by atoms with Crippen molar-refractivity contribution in [3.8, 4) is 10.6 Å². The van der Waals surface area contributed by atoms with E-state index in [0.717, 1.165) is 40.2 Å². The van der Waals surface area contributed by atoms with E-state index in [1.165, 1.54) is 17.0 Å². The average Bonchev–Trinajstić information content (AvgIpc) is 2.83. The number of rotatable bonds is 6. The second-order valence-corrected chi connectivity index (χ2v) is 7.22. The summed E-state index contributed by atoms with van der Waals surface area (Å²) >= 11 is 5.11. The molecular formula is C16H20BrFN2S. The normalized spacial score (nSPS) is 11.3. The summed E-state index contributed by atoms with van der Waals surface area (Å²) in [6.45, 7) is 8.32. The van der Waals surface area contributed by atoms with Crippen molar-refractivity contribution in [2.45, 2.75) is 39.7 Å². The van der Waals surface area contributed by atoms with Crippen LogP contribution in [0.1, 0.15) is 43.7 Å². The molecule has 2 nitrogen and oxygen atoms in total. The zero-order chi connectivity index (χ0) is 15.4. The SMILES string of the molecule is CCCNCc1sc(-c2ccc(F)cc2Br)nc1C(C)C. The van der Waals surface area contributed by atoms with E-state index in [0.29, 0.717) is 5.92 Å². The standard InChI is InChI=1S/C16H20BrFN2S/c1-4-7-19-9-14-15(10(2)3)20-16(21-14)12-6-5-11(18)8-13(12)17/h5-6,8,10,19H,4,7,9H2,1-3H3. The summed E-state index contributed by atoms with van der Waals surface area (Å²) in [5.41, 5.74) is 2.08. The number of nitrogens with one attached hydrogen (secondary N) is 1. The van der Waals surface area contributed by atoms with Gasteiger partial charge in [-0.25, -0.2) is 9.37 Å². The van der Waals surface area contributed by atoms with Crippen LogP contribution >= 0.6 is 27.3 Å². The number of halogens is 2.